The highest BCUT2D eigenvalue weighted by Gasteiger charge is 2.05. The Morgan fingerprint density at radius 1 is 1.11 bits per heavy atom. The molecule has 18 heavy (non-hydrogen) atoms. The molecule has 94 valence electrons. The van der Waals surface area contributed by atoms with Gasteiger partial charge in [0.15, 0.2) is 0 Å². The molecular formula is C14H11Cl2FO. The second-order valence-corrected chi connectivity index (χ2v) is 4.78. The van der Waals surface area contributed by atoms with Crippen LogP contribution in [0.1, 0.15) is 11.1 Å². The van der Waals surface area contributed by atoms with Gasteiger partial charge in [0, 0.05) is 11.1 Å². The maximum absolute atomic E-state index is 13.1. The molecule has 0 atom stereocenters. The van der Waals surface area contributed by atoms with E-state index in [9.17, 15) is 4.39 Å². The Morgan fingerprint density at radius 3 is 2.67 bits per heavy atom. The summed E-state index contributed by atoms with van der Waals surface area (Å²) in [6.07, 6.45) is 0. The zero-order chi connectivity index (χ0) is 13.1. The van der Waals surface area contributed by atoms with Gasteiger partial charge in [-0.15, -0.1) is 0 Å². The van der Waals surface area contributed by atoms with Gasteiger partial charge in [0.1, 0.15) is 18.2 Å². The van der Waals surface area contributed by atoms with Crippen molar-refractivity contribution in [2.45, 2.75) is 13.5 Å². The van der Waals surface area contributed by atoms with Crippen LogP contribution in [0.3, 0.4) is 0 Å². The van der Waals surface area contributed by atoms with Crippen molar-refractivity contribution < 1.29 is 9.13 Å². The summed E-state index contributed by atoms with van der Waals surface area (Å²) in [4.78, 5) is 0. The van der Waals surface area contributed by atoms with Gasteiger partial charge in [-0.2, -0.15) is 0 Å². The summed E-state index contributed by atoms with van der Waals surface area (Å²) in [7, 11) is 0. The van der Waals surface area contributed by atoms with Crippen LogP contribution in [0.5, 0.6) is 5.75 Å². The minimum absolute atomic E-state index is 0.254. The molecule has 0 N–H and O–H groups in total. The molecule has 4 heteroatoms. The molecule has 0 aromatic heterocycles. The van der Waals surface area contributed by atoms with Crippen LogP contribution in [-0.4, -0.2) is 0 Å². The highest BCUT2D eigenvalue weighted by molar-refractivity contribution is 6.34. The van der Waals surface area contributed by atoms with E-state index in [0.29, 0.717) is 15.8 Å². The molecule has 0 radical (unpaired) electrons. The van der Waals surface area contributed by atoms with E-state index in [1.165, 1.54) is 12.1 Å². The van der Waals surface area contributed by atoms with Crippen molar-refractivity contribution in [3.63, 3.8) is 0 Å². The Labute approximate surface area is 115 Å². The van der Waals surface area contributed by atoms with E-state index in [1.807, 2.05) is 6.92 Å². The van der Waals surface area contributed by atoms with Crippen LogP contribution in [-0.2, 0) is 6.61 Å². The van der Waals surface area contributed by atoms with Gasteiger partial charge in [-0.1, -0.05) is 29.3 Å². The summed E-state index contributed by atoms with van der Waals surface area (Å²) in [5.41, 5.74) is 1.75. The van der Waals surface area contributed by atoms with E-state index in [0.717, 1.165) is 11.1 Å². The first-order valence-electron chi connectivity index (χ1n) is 5.39. The lowest BCUT2D eigenvalue weighted by Crippen LogP contribution is -1.99. The molecule has 1 nitrogen and oxygen atoms in total. The third-order valence-corrected chi connectivity index (χ3v) is 3.13. The SMILES string of the molecule is Cc1ccc(F)cc1COc1cc(Cl)ccc1Cl. The predicted molar refractivity (Wildman–Crippen MR) is 71.9 cm³/mol. The standard InChI is InChI=1S/C14H11Cl2FO/c1-9-2-4-12(17)6-10(9)8-18-14-7-11(15)3-5-13(14)16/h2-7H,8H2,1H3. The zero-order valence-electron chi connectivity index (χ0n) is 9.71. The van der Waals surface area contributed by atoms with Crippen molar-refractivity contribution in [3.8, 4) is 5.75 Å². The number of benzene rings is 2. The van der Waals surface area contributed by atoms with Crippen molar-refractivity contribution in [3.05, 3.63) is 63.4 Å². The molecule has 0 unspecified atom stereocenters. The lowest BCUT2D eigenvalue weighted by atomic mass is 10.1. The second kappa shape index (κ2) is 5.59. The Hall–Kier alpha value is -1.25. The molecule has 0 aliphatic carbocycles. The van der Waals surface area contributed by atoms with Crippen LogP contribution in [0.4, 0.5) is 4.39 Å². The minimum Gasteiger partial charge on any atom is -0.487 e. The van der Waals surface area contributed by atoms with Crippen molar-refractivity contribution in [1.82, 2.24) is 0 Å². The Morgan fingerprint density at radius 2 is 1.89 bits per heavy atom. The van der Waals surface area contributed by atoms with E-state index in [-0.39, 0.29) is 12.4 Å². The van der Waals surface area contributed by atoms with E-state index in [2.05, 4.69) is 0 Å². The van der Waals surface area contributed by atoms with Gasteiger partial charge in [-0.3, -0.25) is 0 Å². The van der Waals surface area contributed by atoms with Crippen LogP contribution in [0.2, 0.25) is 10.0 Å². The summed E-state index contributed by atoms with van der Waals surface area (Å²) in [6.45, 7) is 2.15. The summed E-state index contributed by atoms with van der Waals surface area (Å²) < 4.78 is 18.7. The summed E-state index contributed by atoms with van der Waals surface area (Å²) >= 11 is 11.8. The molecule has 2 rings (SSSR count). The number of aryl methyl sites for hydroxylation is 1. The largest absolute Gasteiger partial charge is 0.487 e. The van der Waals surface area contributed by atoms with Gasteiger partial charge in [-0.05, 0) is 42.3 Å². The molecule has 0 fully saturated rings. The van der Waals surface area contributed by atoms with Crippen molar-refractivity contribution in [2.24, 2.45) is 0 Å². The highest BCUT2D eigenvalue weighted by Crippen LogP contribution is 2.28. The highest BCUT2D eigenvalue weighted by atomic mass is 35.5. The number of halogens is 3. The van der Waals surface area contributed by atoms with Gasteiger partial charge < -0.3 is 4.74 Å². The molecule has 0 heterocycles. The molecule has 0 spiro atoms. The average molecular weight is 285 g/mol. The maximum atomic E-state index is 13.1. The van der Waals surface area contributed by atoms with Gasteiger partial charge in [-0.25, -0.2) is 4.39 Å². The summed E-state index contributed by atoms with van der Waals surface area (Å²) in [5, 5.41) is 1.03. The Balaban J connectivity index is 2.16. The maximum Gasteiger partial charge on any atom is 0.139 e. The minimum atomic E-state index is -0.281. The van der Waals surface area contributed by atoms with Crippen molar-refractivity contribution >= 4 is 23.2 Å². The average Bonchev–Trinajstić information content (AvgIpc) is 2.34. The van der Waals surface area contributed by atoms with Crippen LogP contribution in [0.25, 0.3) is 0 Å². The fraction of sp³-hybridized carbons (Fsp3) is 0.143. The predicted octanol–water partition coefficient (Wildman–Crippen LogP) is 5.02. The van der Waals surface area contributed by atoms with Crippen LogP contribution in [0, 0.1) is 12.7 Å². The lowest BCUT2D eigenvalue weighted by molar-refractivity contribution is 0.305. The van der Waals surface area contributed by atoms with Gasteiger partial charge in [0.25, 0.3) is 0 Å². The molecule has 0 saturated heterocycles. The quantitative estimate of drug-likeness (QED) is 0.769. The Kier molecular flexibility index (Phi) is 4.10. The molecule has 2 aromatic rings. The monoisotopic (exact) mass is 284 g/mol. The van der Waals surface area contributed by atoms with E-state index >= 15 is 0 Å². The van der Waals surface area contributed by atoms with E-state index in [4.69, 9.17) is 27.9 Å². The summed E-state index contributed by atoms with van der Waals surface area (Å²) in [6, 6.07) is 9.58. The van der Waals surface area contributed by atoms with Gasteiger partial charge >= 0.3 is 0 Å². The van der Waals surface area contributed by atoms with Crippen molar-refractivity contribution in [2.75, 3.05) is 0 Å². The van der Waals surface area contributed by atoms with Crippen molar-refractivity contribution in [1.29, 1.82) is 0 Å². The van der Waals surface area contributed by atoms with Gasteiger partial charge in [0.05, 0.1) is 5.02 Å². The van der Waals surface area contributed by atoms with Crippen LogP contribution in [0.15, 0.2) is 36.4 Å². The molecular weight excluding hydrogens is 274 g/mol. The molecule has 0 aliphatic rings. The molecule has 0 bridgehead atoms. The van der Waals surface area contributed by atoms with E-state index in [1.54, 1.807) is 24.3 Å². The number of rotatable bonds is 3. The number of ether oxygens (including phenoxy) is 1. The number of hydrogen-bond acceptors (Lipinski definition) is 1. The fourth-order valence-corrected chi connectivity index (χ4v) is 1.87. The van der Waals surface area contributed by atoms with E-state index < -0.39 is 0 Å². The first-order chi connectivity index (χ1) is 8.56. The molecule has 0 amide bonds. The summed E-state index contributed by atoms with van der Waals surface area (Å²) in [5.74, 6) is 0.212. The normalized spacial score (nSPS) is 10.4. The topological polar surface area (TPSA) is 9.23 Å². The first kappa shape index (κ1) is 13.2. The van der Waals surface area contributed by atoms with Crippen LogP contribution < -0.4 is 4.74 Å². The fourth-order valence-electron chi connectivity index (χ4n) is 1.54. The molecule has 2 aromatic carbocycles. The second-order valence-electron chi connectivity index (χ2n) is 3.93. The van der Waals surface area contributed by atoms with Gasteiger partial charge in [0.2, 0.25) is 0 Å². The molecule has 0 saturated carbocycles. The van der Waals surface area contributed by atoms with Crippen LogP contribution >= 0.6 is 23.2 Å². The first-order valence-corrected chi connectivity index (χ1v) is 6.15. The zero-order valence-corrected chi connectivity index (χ0v) is 11.2. The Bertz CT molecular complexity index is 518. The molecule has 0 aliphatic heterocycles. The number of hydrogen-bond donors (Lipinski definition) is 0. The third-order valence-electron chi connectivity index (χ3n) is 2.59. The third kappa shape index (κ3) is 3.15. The smallest absolute Gasteiger partial charge is 0.139 e. The lowest BCUT2D eigenvalue weighted by Gasteiger charge is -2.10.